The van der Waals surface area contributed by atoms with Crippen molar-refractivity contribution in [2.45, 2.75) is 13.3 Å². The largest absolute Gasteiger partial charge is 0.334 e. The fraction of sp³-hybridized carbons (Fsp3) is 0.125. The molecule has 0 fully saturated rings. The van der Waals surface area contributed by atoms with E-state index in [1.807, 2.05) is 29.7 Å². The summed E-state index contributed by atoms with van der Waals surface area (Å²) < 4.78 is 20.9. The summed E-state index contributed by atoms with van der Waals surface area (Å²) in [5, 5.41) is 12.1. The first-order valence-electron chi connectivity index (χ1n) is 7.19. The Bertz CT molecular complexity index is 991. The Hall–Kier alpha value is -3.09. The van der Waals surface area contributed by atoms with Crippen LogP contribution in [0.3, 0.4) is 0 Å². The van der Waals surface area contributed by atoms with Crippen LogP contribution in [0.15, 0.2) is 47.1 Å². The van der Waals surface area contributed by atoms with Gasteiger partial charge < -0.3 is 4.52 Å². The third kappa shape index (κ3) is 2.26. The highest BCUT2D eigenvalue weighted by Crippen LogP contribution is 2.24. The van der Waals surface area contributed by atoms with Gasteiger partial charge in [0.2, 0.25) is 5.82 Å². The zero-order valence-electron chi connectivity index (χ0n) is 12.3. The molecule has 7 heteroatoms. The van der Waals surface area contributed by atoms with E-state index in [1.165, 1.54) is 6.07 Å². The van der Waals surface area contributed by atoms with Crippen LogP contribution in [0.4, 0.5) is 4.39 Å². The zero-order valence-corrected chi connectivity index (χ0v) is 12.3. The first-order chi connectivity index (χ1) is 11.3. The molecule has 6 nitrogen and oxygen atoms in total. The van der Waals surface area contributed by atoms with Gasteiger partial charge in [0.05, 0.1) is 5.56 Å². The lowest BCUT2D eigenvalue weighted by Crippen LogP contribution is -1.93. The van der Waals surface area contributed by atoms with Crippen LogP contribution in [0.5, 0.6) is 0 Å². The summed E-state index contributed by atoms with van der Waals surface area (Å²) in [6.45, 7) is 2.01. The summed E-state index contributed by atoms with van der Waals surface area (Å²) in [7, 11) is 0. The van der Waals surface area contributed by atoms with Gasteiger partial charge in [0.25, 0.3) is 5.89 Å². The number of aromatic nitrogens is 5. The van der Waals surface area contributed by atoms with Gasteiger partial charge in [-0.1, -0.05) is 24.2 Å². The van der Waals surface area contributed by atoms with Gasteiger partial charge in [-0.2, -0.15) is 4.98 Å². The van der Waals surface area contributed by atoms with Crippen molar-refractivity contribution in [3.63, 3.8) is 0 Å². The van der Waals surface area contributed by atoms with E-state index in [0.29, 0.717) is 5.82 Å². The number of hydrogen-bond acceptors (Lipinski definition) is 5. The fourth-order valence-corrected chi connectivity index (χ4v) is 2.40. The van der Waals surface area contributed by atoms with Gasteiger partial charge in [0, 0.05) is 18.2 Å². The maximum Gasteiger partial charge on any atom is 0.261 e. The monoisotopic (exact) mass is 309 g/mol. The molecule has 23 heavy (non-hydrogen) atoms. The van der Waals surface area contributed by atoms with Gasteiger partial charge in [-0.25, -0.2) is 4.39 Å². The standard InChI is InChI=1S/C16H12FN5O/c1-2-13-19-20-14-8-7-10(9-22(13)14)15-18-16(23-21-15)11-5-3-4-6-12(11)17/h3-9H,2H2,1H3. The first kappa shape index (κ1) is 13.6. The van der Waals surface area contributed by atoms with Crippen LogP contribution in [0.25, 0.3) is 28.5 Å². The normalized spacial score (nSPS) is 11.2. The Morgan fingerprint density at radius 3 is 2.83 bits per heavy atom. The summed E-state index contributed by atoms with van der Waals surface area (Å²) in [6, 6.07) is 9.96. The smallest absolute Gasteiger partial charge is 0.261 e. The zero-order chi connectivity index (χ0) is 15.8. The van der Waals surface area contributed by atoms with Gasteiger partial charge in [-0.05, 0) is 24.3 Å². The van der Waals surface area contributed by atoms with Crippen molar-refractivity contribution < 1.29 is 8.91 Å². The summed E-state index contributed by atoms with van der Waals surface area (Å²) in [5.41, 5.74) is 1.78. The highest BCUT2D eigenvalue weighted by Gasteiger charge is 2.15. The van der Waals surface area contributed by atoms with Crippen molar-refractivity contribution in [2.75, 3.05) is 0 Å². The van der Waals surface area contributed by atoms with Gasteiger partial charge in [-0.3, -0.25) is 4.40 Å². The van der Waals surface area contributed by atoms with Crippen molar-refractivity contribution in [2.24, 2.45) is 0 Å². The summed E-state index contributed by atoms with van der Waals surface area (Å²) in [5.74, 6) is 0.989. The van der Waals surface area contributed by atoms with E-state index < -0.39 is 5.82 Å². The molecule has 114 valence electrons. The van der Waals surface area contributed by atoms with Crippen LogP contribution in [0.1, 0.15) is 12.7 Å². The molecule has 3 heterocycles. The number of halogens is 1. The molecule has 0 saturated heterocycles. The van der Waals surface area contributed by atoms with Gasteiger partial charge >= 0.3 is 0 Å². The molecule has 4 rings (SSSR count). The second-order valence-electron chi connectivity index (χ2n) is 5.02. The molecule has 1 aromatic carbocycles. The molecular formula is C16H12FN5O. The number of hydrogen-bond donors (Lipinski definition) is 0. The highest BCUT2D eigenvalue weighted by atomic mass is 19.1. The third-order valence-electron chi connectivity index (χ3n) is 3.58. The second kappa shape index (κ2) is 5.28. The second-order valence-corrected chi connectivity index (χ2v) is 5.02. The highest BCUT2D eigenvalue weighted by molar-refractivity contribution is 5.61. The van der Waals surface area contributed by atoms with Crippen molar-refractivity contribution in [1.29, 1.82) is 0 Å². The minimum atomic E-state index is -0.398. The number of aryl methyl sites for hydroxylation is 1. The number of fused-ring (bicyclic) bond motifs is 1. The van der Waals surface area contributed by atoms with E-state index in [4.69, 9.17) is 4.52 Å². The van der Waals surface area contributed by atoms with Crippen LogP contribution in [-0.4, -0.2) is 24.7 Å². The molecule has 0 N–H and O–H groups in total. The molecule has 0 spiro atoms. The van der Waals surface area contributed by atoms with Gasteiger partial charge in [0.15, 0.2) is 5.65 Å². The van der Waals surface area contributed by atoms with E-state index in [-0.39, 0.29) is 11.5 Å². The number of benzene rings is 1. The average molecular weight is 309 g/mol. The van der Waals surface area contributed by atoms with E-state index in [1.54, 1.807) is 18.2 Å². The molecule has 0 aliphatic rings. The van der Waals surface area contributed by atoms with Gasteiger partial charge in [0.1, 0.15) is 11.6 Å². The third-order valence-corrected chi connectivity index (χ3v) is 3.58. The van der Waals surface area contributed by atoms with E-state index in [0.717, 1.165) is 23.5 Å². The molecule has 0 atom stereocenters. The SMILES string of the molecule is CCc1nnc2ccc(-c3noc(-c4ccccc4F)n3)cn12. The molecule has 0 amide bonds. The summed E-state index contributed by atoms with van der Waals surface area (Å²) in [4.78, 5) is 4.29. The average Bonchev–Trinajstić information content (AvgIpc) is 3.21. The Balaban J connectivity index is 1.78. The minimum Gasteiger partial charge on any atom is -0.334 e. The molecule has 0 saturated carbocycles. The first-order valence-corrected chi connectivity index (χ1v) is 7.19. The number of pyridine rings is 1. The lowest BCUT2D eigenvalue weighted by molar-refractivity contribution is 0.429. The van der Waals surface area contributed by atoms with E-state index in [2.05, 4.69) is 20.3 Å². The van der Waals surface area contributed by atoms with Crippen LogP contribution >= 0.6 is 0 Å². The maximum absolute atomic E-state index is 13.8. The van der Waals surface area contributed by atoms with Crippen molar-refractivity contribution >= 4 is 5.65 Å². The quantitative estimate of drug-likeness (QED) is 0.581. The molecule has 0 bridgehead atoms. The topological polar surface area (TPSA) is 69.1 Å². The number of rotatable bonds is 3. The predicted molar refractivity (Wildman–Crippen MR) is 81.1 cm³/mol. The Morgan fingerprint density at radius 2 is 2.00 bits per heavy atom. The lowest BCUT2D eigenvalue weighted by Gasteiger charge is -1.99. The van der Waals surface area contributed by atoms with E-state index >= 15 is 0 Å². The van der Waals surface area contributed by atoms with Crippen LogP contribution in [-0.2, 0) is 6.42 Å². The molecule has 0 radical (unpaired) electrons. The lowest BCUT2D eigenvalue weighted by atomic mass is 10.2. The maximum atomic E-state index is 13.8. The summed E-state index contributed by atoms with van der Waals surface area (Å²) >= 11 is 0. The number of nitrogens with zero attached hydrogens (tertiary/aromatic N) is 5. The molecule has 3 aromatic heterocycles. The Kier molecular flexibility index (Phi) is 3.11. The Morgan fingerprint density at radius 1 is 1.13 bits per heavy atom. The van der Waals surface area contributed by atoms with Crippen molar-refractivity contribution in [3.8, 4) is 22.8 Å². The van der Waals surface area contributed by atoms with Crippen molar-refractivity contribution in [1.82, 2.24) is 24.7 Å². The van der Waals surface area contributed by atoms with Crippen molar-refractivity contribution in [3.05, 3.63) is 54.2 Å². The Labute approximate surface area is 130 Å². The molecule has 4 aromatic rings. The predicted octanol–water partition coefficient (Wildman–Crippen LogP) is 3.15. The van der Waals surface area contributed by atoms with Crippen LogP contribution in [0.2, 0.25) is 0 Å². The molecular weight excluding hydrogens is 297 g/mol. The van der Waals surface area contributed by atoms with Crippen LogP contribution < -0.4 is 0 Å². The molecule has 0 aliphatic carbocycles. The fourth-order valence-electron chi connectivity index (χ4n) is 2.40. The van der Waals surface area contributed by atoms with Crippen LogP contribution in [0, 0.1) is 5.82 Å². The molecule has 0 unspecified atom stereocenters. The van der Waals surface area contributed by atoms with Gasteiger partial charge in [-0.15, -0.1) is 10.2 Å². The summed E-state index contributed by atoms with van der Waals surface area (Å²) in [6.07, 6.45) is 2.61. The molecule has 0 aliphatic heterocycles. The minimum absolute atomic E-state index is 0.151. The van der Waals surface area contributed by atoms with E-state index in [9.17, 15) is 4.39 Å².